The quantitative estimate of drug-likeness (QED) is 0.225. The molecule has 0 heterocycles. The Morgan fingerprint density at radius 1 is 0.361 bits per heavy atom. The minimum Gasteiger partial charge on any atom is -0.248 e. The van der Waals surface area contributed by atoms with E-state index in [0.717, 1.165) is 45.1 Å². The SMILES string of the molecule is Cc1ccc(N=C(c2ccccc2)c2ccc(C(=Nc3ccc(C)cc3)c3ccccc3)cc2)cc1. The zero-order valence-electron chi connectivity index (χ0n) is 20.6. The molecule has 0 aromatic heterocycles. The zero-order chi connectivity index (χ0) is 24.7. The van der Waals surface area contributed by atoms with Crippen molar-refractivity contribution in [1.82, 2.24) is 0 Å². The summed E-state index contributed by atoms with van der Waals surface area (Å²) in [6.07, 6.45) is 0. The van der Waals surface area contributed by atoms with Crippen LogP contribution in [-0.2, 0) is 0 Å². The molecule has 2 nitrogen and oxygen atoms in total. The van der Waals surface area contributed by atoms with E-state index in [1.807, 2.05) is 12.1 Å². The number of rotatable bonds is 6. The molecule has 174 valence electrons. The monoisotopic (exact) mass is 464 g/mol. The van der Waals surface area contributed by atoms with Crippen LogP contribution in [-0.4, -0.2) is 11.4 Å². The van der Waals surface area contributed by atoms with Gasteiger partial charge in [-0.1, -0.05) is 120 Å². The highest BCUT2D eigenvalue weighted by Crippen LogP contribution is 2.22. The highest BCUT2D eigenvalue weighted by atomic mass is 14.8. The van der Waals surface area contributed by atoms with Gasteiger partial charge in [0.25, 0.3) is 0 Å². The van der Waals surface area contributed by atoms with E-state index in [2.05, 4.69) is 135 Å². The van der Waals surface area contributed by atoms with Gasteiger partial charge >= 0.3 is 0 Å². The van der Waals surface area contributed by atoms with E-state index < -0.39 is 0 Å². The number of aryl methyl sites for hydroxylation is 2. The lowest BCUT2D eigenvalue weighted by Gasteiger charge is -2.11. The summed E-state index contributed by atoms with van der Waals surface area (Å²) in [7, 11) is 0. The van der Waals surface area contributed by atoms with Gasteiger partial charge in [0.05, 0.1) is 22.8 Å². The Balaban J connectivity index is 1.57. The lowest BCUT2D eigenvalue weighted by atomic mass is 9.97. The number of aliphatic imine (C=N–C) groups is 2. The largest absolute Gasteiger partial charge is 0.248 e. The first-order valence-electron chi connectivity index (χ1n) is 12.2. The van der Waals surface area contributed by atoms with Crippen molar-refractivity contribution in [3.63, 3.8) is 0 Å². The van der Waals surface area contributed by atoms with Crippen LogP contribution >= 0.6 is 0 Å². The molecule has 5 aromatic carbocycles. The molecule has 0 saturated heterocycles. The van der Waals surface area contributed by atoms with Crippen molar-refractivity contribution < 1.29 is 0 Å². The summed E-state index contributed by atoms with van der Waals surface area (Å²) in [5.74, 6) is 0. The van der Waals surface area contributed by atoms with Crippen LogP contribution in [0.2, 0.25) is 0 Å². The molecule has 0 saturated carbocycles. The van der Waals surface area contributed by atoms with Crippen LogP contribution in [0, 0.1) is 13.8 Å². The number of benzene rings is 5. The average molecular weight is 465 g/mol. The van der Waals surface area contributed by atoms with Crippen LogP contribution in [0.3, 0.4) is 0 Å². The lowest BCUT2D eigenvalue weighted by Crippen LogP contribution is -2.06. The van der Waals surface area contributed by atoms with Gasteiger partial charge in [0, 0.05) is 22.3 Å². The van der Waals surface area contributed by atoms with Crippen molar-refractivity contribution in [3.8, 4) is 0 Å². The smallest absolute Gasteiger partial charge is 0.0781 e. The summed E-state index contributed by atoms with van der Waals surface area (Å²) in [6.45, 7) is 4.18. The Bertz CT molecular complexity index is 1360. The maximum atomic E-state index is 5.04. The van der Waals surface area contributed by atoms with Gasteiger partial charge < -0.3 is 0 Å². The summed E-state index contributed by atoms with van der Waals surface area (Å²) in [5, 5.41) is 0. The van der Waals surface area contributed by atoms with Gasteiger partial charge in [-0.2, -0.15) is 0 Å². The number of hydrogen-bond acceptors (Lipinski definition) is 2. The third kappa shape index (κ3) is 5.56. The standard InChI is InChI=1S/C34H28N2/c1-25-13-21-31(22-14-25)35-33(27-9-5-3-6-10-27)29-17-19-30(20-18-29)34(28-11-7-4-8-12-28)36-32-23-15-26(2)16-24-32/h3-24H,1-2H3. The Hall–Kier alpha value is -4.56. The van der Waals surface area contributed by atoms with Crippen LogP contribution in [0.4, 0.5) is 11.4 Å². The topological polar surface area (TPSA) is 24.7 Å². The van der Waals surface area contributed by atoms with E-state index in [0.29, 0.717) is 0 Å². The average Bonchev–Trinajstić information content (AvgIpc) is 2.94. The van der Waals surface area contributed by atoms with Gasteiger partial charge in [0.2, 0.25) is 0 Å². The van der Waals surface area contributed by atoms with Gasteiger partial charge in [0.15, 0.2) is 0 Å². The van der Waals surface area contributed by atoms with E-state index in [1.165, 1.54) is 11.1 Å². The fourth-order valence-corrected chi connectivity index (χ4v) is 4.07. The highest BCUT2D eigenvalue weighted by molar-refractivity contribution is 6.16. The summed E-state index contributed by atoms with van der Waals surface area (Å²) in [4.78, 5) is 10.1. The zero-order valence-corrected chi connectivity index (χ0v) is 20.6. The fraction of sp³-hybridized carbons (Fsp3) is 0.0588. The summed E-state index contributed by atoms with van der Waals surface area (Å²) >= 11 is 0. The first-order chi connectivity index (χ1) is 17.7. The van der Waals surface area contributed by atoms with Crippen LogP contribution in [0.5, 0.6) is 0 Å². The molecule has 36 heavy (non-hydrogen) atoms. The predicted octanol–water partition coefficient (Wildman–Crippen LogP) is 8.64. The first-order valence-corrected chi connectivity index (χ1v) is 12.2. The van der Waals surface area contributed by atoms with Gasteiger partial charge in [-0.25, -0.2) is 9.98 Å². The second-order valence-electron chi connectivity index (χ2n) is 8.90. The van der Waals surface area contributed by atoms with Crippen LogP contribution in [0.1, 0.15) is 33.4 Å². The normalized spacial score (nSPS) is 11.9. The van der Waals surface area contributed by atoms with E-state index in [9.17, 15) is 0 Å². The molecule has 0 aliphatic rings. The summed E-state index contributed by atoms with van der Waals surface area (Å²) < 4.78 is 0. The molecule has 5 aromatic rings. The molecule has 2 heteroatoms. The minimum absolute atomic E-state index is 0.939. The summed E-state index contributed by atoms with van der Waals surface area (Å²) in [5.41, 5.74) is 10.5. The Labute approximate surface area is 213 Å². The van der Waals surface area contributed by atoms with Crippen LogP contribution in [0.25, 0.3) is 0 Å². The maximum Gasteiger partial charge on any atom is 0.0781 e. The molecule has 0 N–H and O–H groups in total. The van der Waals surface area contributed by atoms with Gasteiger partial charge in [-0.15, -0.1) is 0 Å². The van der Waals surface area contributed by atoms with Crippen molar-refractivity contribution in [1.29, 1.82) is 0 Å². The van der Waals surface area contributed by atoms with E-state index >= 15 is 0 Å². The van der Waals surface area contributed by atoms with E-state index in [1.54, 1.807) is 0 Å². The van der Waals surface area contributed by atoms with Gasteiger partial charge in [0.1, 0.15) is 0 Å². The lowest BCUT2D eigenvalue weighted by molar-refractivity contribution is 1.41. The molecule has 0 aliphatic carbocycles. The van der Waals surface area contributed by atoms with Crippen molar-refractivity contribution in [2.45, 2.75) is 13.8 Å². The summed E-state index contributed by atoms with van der Waals surface area (Å²) in [6, 6.07) is 45.9. The number of hydrogen-bond donors (Lipinski definition) is 0. The molecule has 0 radical (unpaired) electrons. The van der Waals surface area contributed by atoms with E-state index in [-0.39, 0.29) is 0 Å². The van der Waals surface area contributed by atoms with Crippen molar-refractivity contribution in [3.05, 3.63) is 167 Å². The fourth-order valence-electron chi connectivity index (χ4n) is 4.07. The molecule has 5 rings (SSSR count). The predicted molar refractivity (Wildman–Crippen MR) is 152 cm³/mol. The number of nitrogens with zero attached hydrogens (tertiary/aromatic N) is 2. The van der Waals surface area contributed by atoms with Gasteiger partial charge in [-0.05, 0) is 38.1 Å². The van der Waals surface area contributed by atoms with Crippen molar-refractivity contribution in [2.24, 2.45) is 9.98 Å². The third-order valence-corrected chi connectivity index (χ3v) is 6.08. The molecule has 0 aliphatic heterocycles. The van der Waals surface area contributed by atoms with Crippen LogP contribution in [0.15, 0.2) is 143 Å². The molecular formula is C34H28N2. The molecular weight excluding hydrogens is 436 g/mol. The second kappa shape index (κ2) is 10.8. The minimum atomic E-state index is 0.939. The Kier molecular flexibility index (Phi) is 6.95. The maximum absolute atomic E-state index is 5.04. The Morgan fingerprint density at radius 2 is 0.667 bits per heavy atom. The van der Waals surface area contributed by atoms with E-state index in [4.69, 9.17) is 9.98 Å². The molecule has 0 amide bonds. The molecule has 0 spiro atoms. The Morgan fingerprint density at radius 3 is 1.00 bits per heavy atom. The molecule has 0 unspecified atom stereocenters. The molecule has 0 atom stereocenters. The molecule has 0 fully saturated rings. The van der Waals surface area contributed by atoms with Crippen molar-refractivity contribution >= 4 is 22.8 Å². The second-order valence-corrected chi connectivity index (χ2v) is 8.90. The first kappa shape index (κ1) is 23.2. The highest BCUT2D eigenvalue weighted by Gasteiger charge is 2.11. The van der Waals surface area contributed by atoms with Crippen LogP contribution < -0.4 is 0 Å². The molecule has 0 bridgehead atoms. The van der Waals surface area contributed by atoms with Gasteiger partial charge in [-0.3, -0.25) is 0 Å². The third-order valence-electron chi connectivity index (χ3n) is 6.08. The van der Waals surface area contributed by atoms with Crippen molar-refractivity contribution in [2.75, 3.05) is 0 Å².